The second-order valence-corrected chi connectivity index (χ2v) is 6.06. The molecule has 1 amide bonds. The second-order valence-electron chi connectivity index (χ2n) is 3.63. The number of nitrogens with zero attached hydrogens (tertiary/aromatic N) is 2. The van der Waals surface area contributed by atoms with Gasteiger partial charge in [0.15, 0.2) is 0 Å². The molecule has 0 aromatic carbocycles. The monoisotopic (exact) mass is 267 g/mol. The lowest BCUT2D eigenvalue weighted by atomic mass is 10.2. The highest BCUT2D eigenvalue weighted by Gasteiger charge is 2.13. The fraction of sp³-hybridized carbons (Fsp3) is 0.364. The first-order chi connectivity index (χ1) is 8.10. The van der Waals surface area contributed by atoms with E-state index in [2.05, 4.69) is 22.4 Å². The molecule has 0 fully saturated rings. The van der Waals surface area contributed by atoms with Crippen molar-refractivity contribution >= 4 is 33.7 Å². The van der Waals surface area contributed by atoms with Gasteiger partial charge in [-0.3, -0.25) is 10.1 Å². The predicted molar refractivity (Wildman–Crippen MR) is 71.0 cm³/mol. The lowest BCUT2D eigenvalue weighted by Crippen LogP contribution is -2.09. The molecule has 2 rings (SSSR count). The molecule has 0 saturated carbocycles. The standard InChI is InChI=1S/C11H13N3OS2/c1-4-8-5-9(16-6(8)2)10(15)12-11-14-13-7(3)17-11/h5H,4H2,1-3H3,(H,12,14,15). The molecule has 17 heavy (non-hydrogen) atoms. The van der Waals surface area contributed by atoms with E-state index in [4.69, 9.17) is 0 Å². The number of rotatable bonds is 3. The van der Waals surface area contributed by atoms with Crippen molar-refractivity contribution in [2.24, 2.45) is 0 Å². The molecule has 90 valence electrons. The van der Waals surface area contributed by atoms with E-state index < -0.39 is 0 Å². The quantitative estimate of drug-likeness (QED) is 0.930. The summed E-state index contributed by atoms with van der Waals surface area (Å²) in [6.07, 6.45) is 0.952. The molecule has 4 nitrogen and oxygen atoms in total. The maximum Gasteiger partial charge on any atom is 0.267 e. The number of carbonyl (C=O) groups excluding carboxylic acids is 1. The van der Waals surface area contributed by atoms with E-state index in [1.54, 1.807) is 0 Å². The van der Waals surface area contributed by atoms with Crippen LogP contribution in [0.4, 0.5) is 5.13 Å². The Morgan fingerprint density at radius 3 is 2.65 bits per heavy atom. The number of aromatic nitrogens is 2. The number of hydrogen-bond acceptors (Lipinski definition) is 5. The van der Waals surface area contributed by atoms with Gasteiger partial charge in [0, 0.05) is 4.88 Å². The van der Waals surface area contributed by atoms with Gasteiger partial charge in [-0.15, -0.1) is 21.5 Å². The van der Waals surface area contributed by atoms with Crippen LogP contribution < -0.4 is 5.32 Å². The van der Waals surface area contributed by atoms with E-state index in [1.807, 2.05) is 19.9 Å². The van der Waals surface area contributed by atoms with Crippen molar-refractivity contribution in [3.63, 3.8) is 0 Å². The van der Waals surface area contributed by atoms with Crippen LogP contribution in [0, 0.1) is 13.8 Å². The molecular formula is C11H13N3OS2. The summed E-state index contributed by atoms with van der Waals surface area (Å²) < 4.78 is 0. The average Bonchev–Trinajstić information content (AvgIpc) is 2.85. The summed E-state index contributed by atoms with van der Waals surface area (Å²) in [5.74, 6) is -0.103. The minimum absolute atomic E-state index is 0.103. The van der Waals surface area contributed by atoms with Gasteiger partial charge in [0.2, 0.25) is 5.13 Å². The molecule has 2 aromatic heterocycles. The third kappa shape index (κ3) is 2.70. The second kappa shape index (κ2) is 4.93. The highest BCUT2D eigenvalue weighted by atomic mass is 32.1. The van der Waals surface area contributed by atoms with Gasteiger partial charge in [-0.1, -0.05) is 18.3 Å². The van der Waals surface area contributed by atoms with Gasteiger partial charge >= 0.3 is 0 Å². The van der Waals surface area contributed by atoms with Crippen LogP contribution >= 0.6 is 22.7 Å². The van der Waals surface area contributed by atoms with Gasteiger partial charge in [-0.05, 0) is 31.9 Å². The Kier molecular flexibility index (Phi) is 3.54. The Morgan fingerprint density at radius 2 is 2.12 bits per heavy atom. The molecule has 0 aliphatic heterocycles. The maximum absolute atomic E-state index is 11.9. The van der Waals surface area contributed by atoms with Crippen LogP contribution in [0.5, 0.6) is 0 Å². The van der Waals surface area contributed by atoms with Crippen LogP contribution in [-0.2, 0) is 6.42 Å². The molecule has 0 atom stereocenters. The van der Waals surface area contributed by atoms with Gasteiger partial charge in [-0.25, -0.2) is 0 Å². The van der Waals surface area contributed by atoms with E-state index >= 15 is 0 Å². The highest BCUT2D eigenvalue weighted by molar-refractivity contribution is 7.16. The summed E-state index contributed by atoms with van der Waals surface area (Å²) in [6.45, 7) is 5.98. The molecule has 0 radical (unpaired) electrons. The van der Waals surface area contributed by atoms with Gasteiger partial charge in [0.25, 0.3) is 5.91 Å². The van der Waals surface area contributed by atoms with Crippen molar-refractivity contribution in [1.82, 2.24) is 10.2 Å². The fourth-order valence-electron chi connectivity index (χ4n) is 1.49. The zero-order chi connectivity index (χ0) is 12.4. The molecule has 0 unspecified atom stereocenters. The fourth-order valence-corrected chi connectivity index (χ4v) is 3.08. The van der Waals surface area contributed by atoms with Gasteiger partial charge < -0.3 is 0 Å². The molecule has 0 spiro atoms. The Morgan fingerprint density at radius 1 is 1.35 bits per heavy atom. The van der Waals surface area contributed by atoms with Crippen LogP contribution in [0.2, 0.25) is 0 Å². The van der Waals surface area contributed by atoms with E-state index in [0.717, 1.165) is 16.3 Å². The Balaban J connectivity index is 2.14. The molecule has 1 N–H and O–H groups in total. The summed E-state index contributed by atoms with van der Waals surface area (Å²) >= 11 is 2.90. The largest absolute Gasteiger partial charge is 0.296 e. The zero-order valence-electron chi connectivity index (χ0n) is 9.90. The number of anilines is 1. The summed E-state index contributed by atoms with van der Waals surface area (Å²) in [5.41, 5.74) is 1.23. The normalized spacial score (nSPS) is 10.5. The average molecular weight is 267 g/mol. The minimum atomic E-state index is -0.103. The first-order valence-corrected chi connectivity index (χ1v) is 6.94. The molecule has 6 heteroatoms. The molecule has 0 bridgehead atoms. The number of amides is 1. The highest BCUT2D eigenvalue weighted by Crippen LogP contribution is 2.23. The molecule has 0 aliphatic rings. The summed E-state index contributed by atoms with van der Waals surface area (Å²) in [6, 6.07) is 1.95. The van der Waals surface area contributed by atoms with Crippen LogP contribution in [0.3, 0.4) is 0 Å². The van der Waals surface area contributed by atoms with E-state index in [9.17, 15) is 4.79 Å². The van der Waals surface area contributed by atoms with Crippen molar-refractivity contribution in [3.05, 3.63) is 26.4 Å². The number of nitrogens with one attached hydrogen (secondary N) is 1. The Bertz CT molecular complexity index is 545. The maximum atomic E-state index is 11.9. The predicted octanol–water partition coefficient (Wildman–Crippen LogP) is 3.03. The number of carbonyl (C=O) groups is 1. The van der Waals surface area contributed by atoms with E-state index in [-0.39, 0.29) is 5.91 Å². The van der Waals surface area contributed by atoms with Crippen molar-refractivity contribution in [2.75, 3.05) is 5.32 Å². The summed E-state index contributed by atoms with van der Waals surface area (Å²) in [5, 5.41) is 11.9. The van der Waals surface area contributed by atoms with Crippen LogP contribution in [0.1, 0.15) is 32.0 Å². The van der Waals surface area contributed by atoms with Crippen molar-refractivity contribution in [3.8, 4) is 0 Å². The minimum Gasteiger partial charge on any atom is -0.296 e. The van der Waals surface area contributed by atoms with Crippen molar-refractivity contribution in [2.45, 2.75) is 27.2 Å². The molecule has 0 saturated heterocycles. The smallest absolute Gasteiger partial charge is 0.267 e. The molecule has 2 heterocycles. The van der Waals surface area contributed by atoms with Gasteiger partial charge in [-0.2, -0.15) is 0 Å². The van der Waals surface area contributed by atoms with Gasteiger partial charge in [0.05, 0.1) is 4.88 Å². The molecule has 0 aliphatic carbocycles. The Labute approximate surface area is 108 Å². The van der Waals surface area contributed by atoms with E-state index in [0.29, 0.717) is 5.13 Å². The number of hydrogen-bond donors (Lipinski definition) is 1. The molecular weight excluding hydrogens is 254 g/mol. The Hall–Kier alpha value is -1.27. The number of thiophene rings is 1. The zero-order valence-corrected chi connectivity index (χ0v) is 11.5. The van der Waals surface area contributed by atoms with Crippen LogP contribution in [0.15, 0.2) is 6.07 Å². The lowest BCUT2D eigenvalue weighted by molar-refractivity contribution is 0.103. The van der Waals surface area contributed by atoms with Crippen LogP contribution in [0.25, 0.3) is 0 Å². The third-order valence-electron chi connectivity index (χ3n) is 2.37. The first-order valence-electron chi connectivity index (χ1n) is 5.31. The molecule has 2 aromatic rings. The van der Waals surface area contributed by atoms with Crippen molar-refractivity contribution in [1.29, 1.82) is 0 Å². The lowest BCUT2D eigenvalue weighted by Gasteiger charge is -1.96. The first kappa shape index (κ1) is 12.2. The summed E-state index contributed by atoms with van der Waals surface area (Å²) in [7, 11) is 0. The number of aryl methyl sites for hydroxylation is 3. The van der Waals surface area contributed by atoms with Crippen LogP contribution in [-0.4, -0.2) is 16.1 Å². The van der Waals surface area contributed by atoms with Gasteiger partial charge in [0.1, 0.15) is 5.01 Å². The topological polar surface area (TPSA) is 54.9 Å². The third-order valence-corrected chi connectivity index (χ3v) is 4.22. The van der Waals surface area contributed by atoms with E-state index in [1.165, 1.54) is 33.1 Å². The summed E-state index contributed by atoms with van der Waals surface area (Å²) in [4.78, 5) is 13.9. The SMILES string of the molecule is CCc1cc(C(=O)Nc2nnc(C)s2)sc1C. The van der Waals surface area contributed by atoms with Crippen molar-refractivity contribution < 1.29 is 4.79 Å².